The lowest BCUT2D eigenvalue weighted by molar-refractivity contribution is 0.0739. The molecule has 0 aromatic heterocycles. The summed E-state index contributed by atoms with van der Waals surface area (Å²) in [6, 6.07) is 17.4. The maximum atomic E-state index is 12.9. The molecule has 1 aliphatic rings. The third-order valence-corrected chi connectivity index (χ3v) is 4.40. The Balaban J connectivity index is 1.94. The highest BCUT2D eigenvalue weighted by molar-refractivity contribution is 5.94. The van der Waals surface area contributed by atoms with Crippen LogP contribution in [0.4, 0.5) is 5.69 Å². The Bertz CT molecular complexity index is 778. The van der Waals surface area contributed by atoms with Crippen molar-refractivity contribution in [1.82, 2.24) is 4.90 Å². The van der Waals surface area contributed by atoms with E-state index in [1.54, 1.807) is 24.3 Å². The lowest BCUT2D eigenvalue weighted by Crippen LogP contribution is -2.40. The van der Waals surface area contributed by atoms with Crippen molar-refractivity contribution in [2.24, 2.45) is 0 Å². The minimum Gasteiger partial charge on any atom is -0.370 e. The summed E-state index contributed by atoms with van der Waals surface area (Å²) in [5.74, 6) is -0.0287. The standard InChI is InChI=1S/C19H19N3O/c1-14-12-22(13-17-7-3-4-9-18(17)21(14)2)19(23)16-8-5-6-15(10-16)11-20/h3-10,14H,12-13H2,1-2H3. The zero-order chi connectivity index (χ0) is 16.4. The lowest BCUT2D eigenvalue weighted by atomic mass is 10.1. The number of para-hydroxylation sites is 1. The summed E-state index contributed by atoms with van der Waals surface area (Å²) in [7, 11) is 2.06. The van der Waals surface area contributed by atoms with Gasteiger partial charge in [-0.25, -0.2) is 0 Å². The van der Waals surface area contributed by atoms with Crippen molar-refractivity contribution in [2.75, 3.05) is 18.5 Å². The molecule has 1 unspecified atom stereocenters. The Morgan fingerprint density at radius 3 is 2.78 bits per heavy atom. The molecule has 4 heteroatoms. The topological polar surface area (TPSA) is 47.3 Å². The summed E-state index contributed by atoms with van der Waals surface area (Å²) in [6.07, 6.45) is 0. The number of hydrogen-bond acceptors (Lipinski definition) is 3. The molecule has 0 radical (unpaired) electrons. The number of fused-ring (bicyclic) bond motifs is 1. The van der Waals surface area contributed by atoms with Crippen molar-refractivity contribution in [3.05, 3.63) is 65.2 Å². The summed E-state index contributed by atoms with van der Waals surface area (Å²) < 4.78 is 0. The first-order valence-electron chi connectivity index (χ1n) is 7.70. The molecule has 4 nitrogen and oxygen atoms in total. The van der Waals surface area contributed by atoms with E-state index in [0.29, 0.717) is 24.2 Å². The largest absolute Gasteiger partial charge is 0.370 e. The van der Waals surface area contributed by atoms with E-state index >= 15 is 0 Å². The fraction of sp³-hybridized carbons (Fsp3) is 0.263. The van der Waals surface area contributed by atoms with Gasteiger partial charge in [0, 0.05) is 37.4 Å². The van der Waals surface area contributed by atoms with Gasteiger partial charge in [-0.05, 0) is 36.8 Å². The number of anilines is 1. The normalized spacial score (nSPS) is 17.2. The van der Waals surface area contributed by atoms with Crippen LogP contribution >= 0.6 is 0 Å². The molecule has 0 N–H and O–H groups in total. The third kappa shape index (κ3) is 2.91. The lowest BCUT2D eigenvalue weighted by Gasteiger charge is -2.28. The van der Waals surface area contributed by atoms with Gasteiger partial charge in [-0.3, -0.25) is 4.79 Å². The first-order chi connectivity index (χ1) is 11.1. The van der Waals surface area contributed by atoms with Crippen LogP contribution < -0.4 is 4.90 Å². The zero-order valence-electron chi connectivity index (χ0n) is 13.4. The second-order valence-corrected chi connectivity index (χ2v) is 5.97. The predicted octanol–water partition coefficient (Wildman–Crippen LogP) is 3.04. The Labute approximate surface area is 136 Å². The Morgan fingerprint density at radius 1 is 1.22 bits per heavy atom. The molecule has 23 heavy (non-hydrogen) atoms. The van der Waals surface area contributed by atoms with Crippen molar-refractivity contribution in [1.29, 1.82) is 5.26 Å². The van der Waals surface area contributed by atoms with Crippen LogP contribution in [0.25, 0.3) is 0 Å². The zero-order valence-corrected chi connectivity index (χ0v) is 13.4. The van der Waals surface area contributed by atoms with Crippen LogP contribution in [0.5, 0.6) is 0 Å². The fourth-order valence-corrected chi connectivity index (χ4v) is 3.00. The maximum absolute atomic E-state index is 12.9. The molecule has 1 amide bonds. The number of hydrogen-bond donors (Lipinski definition) is 0. The number of benzene rings is 2. The summed E-state index contributed by atoms with van der Waals surface area (Å²) in [4.78, 5) is 17.0. The summed E-state index contributed by atoms with van der Waals surface area (Å²) in [5, 5.41) is 9.02. The monoisotopic (exact) mass is 305 g/mol. The minimum atomic E-state index is -0.0287. The second kappa shape index (κ2) is 6.13. The van der Waals surface area contributed by atoms with E-state index in [-0.39, 0.29) is 11.9 Å². The van der Waals surface area contributed by atoms with Gasteiger partial charge in [0.25, 0.3) is 5.91 Å². The highest BCUT2D eigenvalue weighted by Crippen LogP contribution is 2.27. The van der Waals surface area contributed by atoms with Gasteiger partial charge in [0.2, 0.25) is 0 Å². The highest BCUT2D eigenvalue weighted by Gasteiger charge is 2.26. The molecule has 3 rings (SSSR count). The summed E-state index contributed by atoms with van der Waals surface area (Å²) >= 11 is 0. The molecule has 1 atom stereocenters. The molecule has 0 spiro atoms. The first-order valence-corrected chi connectivity index (χ1v) is 7.70. The molecule has 2 aromatic rings. The van der Waals surface area contributed by atoms with E-state index < -0.39 is 0 Å². The number of carbonyl (C=O) groups excluding carboxylic acids is 1. The van der Waals surface area contributed by atoms with Gasteiger partial charge >= 0.3 is 0 Å². The molecule has 2 aromatic carbocycles. The van der Waals surface area contributed by atoms with Crippen LogP contribution in [0, 0.1) is 11.3 Å². The highest BCUT2D eigenvalue weighted by atomic mass is 16.2. The quantitative estimate of drug-likeness (QED) is 0.813. The van der Waals surface area contributed by atoms with Gasteiger partial charge in [0.1, 0.15) is 0 Å². The van der Waals surface area contributed by atoms with Gasteiger partial charge in [0.05, 0.1) is 11.6 Å². The van der Waals surface area contributed by atoms with Crippen molar-refractivity contribution >= 4 is 11.6 Å². The maximum Gasteiger partial charge on any atom is 0.254 e. The summed E-state index contributed by atoms with van der Waals surface area (Å²) in [5.41, 5.74) is 3.39. The summed E-state index contributed by atoms with van der Waals surface area (Å²) in [6.45, 7) is 3.36. The fourth-order valence-electron chi connectivity index (χ4n) is 3.00. The average molecular weight is 305 g/mol. The Kier molecular flexibility index (Phi) is 4.03. The molecule has 1 aliphatic heterocycles. The van der Waals surface area contributed by atoms with Crippen LogP contribution in [0.1, 0.15) is 28.4 Å². The van der Waals surface area contributed by atoms with Crippen LogP contribution in [0.3, 0.4) is 0 Å². The van der Waals surface area contributed by atoms with Crippen LogP contribution in [-0.4, -0.2) is 30.4 Å². The molecule has 0 bridgehead atoms. The third-order valence-electron chi connectivity index (χ3n) is 4.40. The van der Waals surface area contributed by atoms with E-state index in [0.717, 1.165) is 5.56 Å². The van der Waals surface area contributed by atoms with Gasteiger partial charge in [-0.2, -0.15) is 5.26 Å². The molecule has 0 fully saturated rings. The Morgan fingerprint density at radius 2 is 2.00 bits per heavy atom. The van der Waals surface area contributed by atoms with E-state index in [1.807, 2.05) is 17.0 Å². The minimum absolute atomic E-state index is 0.0287. The van der Waals surface area contributed by atoms with Gasteiger partial charge in [-0.1, -0.05) is 24.3 Å². The number of rotatable bonds is 1. The molecule has 116 valence electrons. The SMILES string of the molecule is CC1CN(C(=O)c2cccc(C#N)c2)Cc2ccccc2N1C. The van der Waals surface area contributed by atoms with Crippen LogP contribution in [0.15, 0.2) is 48.5 Å². The number of nitrogens with zero attached hydrogens (tertiary/aromatic N) is 3. The number of carbonyl (C=O) groups is 1. The number of nitriles is 1. The van der Waals surface area contributed by atoms with Crippen LogP contribution in [0.2, 0.25) is 0 Å². The van der Waals surface area contributed by atoms with Crippen molar-refractivity contribution in [2.45, 2.75) is 19.5 Å². The van der Waals surface area contributed by atoms with Gasteiger partial charge in [0.15, 0.2) is 0 Å². The molecular weight excluding hydrogens is 286 g/mol. The smallest absolute Gasteiger partial charge is 0.254 e. The van der Waals surface area contributed by atoms with E-state index in [9.17, 15) is 4.79 Å². The van der Waals surface area contributed by atoms with Crippen molar-refractivity contribution in [3.8, 4) is 6.07 Å². The predicted molar refractivity (Wildman–Crippen MR) is 90.2 cm³/mol. The van der Waals surface area contributed by atoms with Crippen molar-refractivity contribution in [3.63, 3.8) is 0 Å². The van der Waals surface area contributed by atoms with E-state index in [2.05, 4.69) is 37.1 Å². The molecule has 0 saturated heterocycles. The molecule has 0 saturated carbocycles. The Hall–Kier alpha value is -2.80. The van der Waals surface area contributed by atoms with E-state index in [1.165, 1.54) is 5.69 Å². The van der Waals surface area contributed by atoms with Gasteiger partial charge < -0.3 is 9.80 Å². The van der Waals surface area contributed by atoms with Crippen molar-refractivity contribution < 1.29 is 4.79 Å². The second-order valence-electron chi connectivity index (χ2n) is 5.97. The van der Waals surface area contributed by atoms with E-state index in [4.69, 9.17) is 5.26 Å². The van der Waals surface area contributed by atoms with Crippen LogP contribution in [-0.2, 0) is 6.54 Å². The van der Waals surface area contributed by atoms with Gasteiger partial charge in [-0.15, -0.1) is 0 Å². The molecule has 0 aliphatic carbocycles. The first kappa shape index (κ1) is 15.1. The number of likely N-dealkylation sites (N-methyl/N-ethyl adjacent to an activating group) is 1. The molecule has 1 heterocycles. The number of amides is 1. The molecular formula is C19H19N3O. The average Bonchev–Trinajstić information content (AvgIpc) is 2.72.